The molecule has 2 unspecified atom stereocenters. The smallest absolute Gasteiger partial charge is 0.109 e. The number of pyridine rings is 1. The molecule has 0 radical (unpaired) electrons. The van der Waals surface area contributed by atoms with Crippen molar-refractivity contribution < 1.29 is 0 Å². The van der Waals surface area contributed by atoms with E-state index in [9.17, 15) is 0 Å². The number of aryl methyl sites for hydroxylation is 1. The molecule has 0 saturated carbocycles. The second-order valence-corrected chi connectivity index (χ2v) is 7.31. The monoisotopic (exact) mass is 334 g/mol. The number of nitrogens with zero attached hydrogens (tertiary/aromatic N) is 6. The topological polar surface area (TPSA) is 51.8 Å². The maximum Gasteiger partial charge on any atom is 0.109 e. The van der Waals surface area contributed by atoms with E-state index in [1.165, 1.54) is 11.5 Å². The lowest BCUT2D eigenvalue weighted by atomic mass is 9.89. The van der Waals surface area contributed by atoms with Gasteiger partial charge in [0.15, 0.2) is 0 Å². The van der Waals surface area contributed by atoms with Crippen molar-refractivity contribution in [2.24, 2.45) is 18.9 Å². The van der Waals surface area contributed by atoms with Crippen molar-refractivity contribution in [3.05, 3.63) is 54.5 Å². The molecule has 0 aromatic carbocycles. The van der Waals surface area contributed by atoms with Gasteiger partial charge in [0.25, 0.3) is 0 Å². The van der Waals surface area contributed by atoms with Gasteiger partial charge in [0.05, 0.1) is 23.8 Å². The zero-order chi connectivity index (χ0) is 16.8. The van der Waals surface area contributed by atoms with E-state index in [1.807, 2.05) is 36.4 Å². The number of hydrogen-bond donors (Lipinski definition) is 0. The molecule has 1 saturated heterocycles. The molecule has 6 heteroatoms. The minimum Gasteiger partial charge on any atom is -0.328 e. The van der Waals surface area contributed by atoms with Gasteiger partial charge in [0, 0.05) is 57.6 Å². The standard InChI is InChI=1S/C19H22N6/c1-23-9-15(7-22-23)18-8-21-19-6-14-10-24(11-16(14)12-25(18)19)13-17-4-2-3-5-20-17/h2-5,7-9,14,16H,6,10-13H2,1H3. The molecule has 2 atom stereocenters. The van der Waals surface area contributed by atoms with Crippen molar-refractivity contribution in [3.8, 4) is 11.3 Å². The van der Waals surface area contributed by atoms with Crippen LogP contribution < -0.4 is 0 Å². The van der Waals surface area contributed by atoms with Crippen molar-refractivity contribution in [2.75, 3.05) is 13.1 Å². The minimum absolute atomic E-state index is 0.695. The summed E-state index contributed by atoms with van der Waals surface area (Å²) in [6.07, 6.45) is 8.97. The van der Waals surface area contributed by atoms with E-state index < -0.39 is 0 Å². The van der Waals surface area contributed by atoms with E-state index in [1.54, 1.807) is 0 Å². The number of aromatic nitrogens is 5. The van der Waals surface area contributed by atoms with Gasteiger partial charge in [-0.25, -0.2) is 4.98 Å². The Balaban J connectivity index is 1.35. The fourth-order valence-corrected chi connectivity index (χ4v) is 4.36. The lowest BCUT2D eigenvalue weighted by Gasteiger charge is -2.26. The van der Waals surface area contributed by atoms with Crippen LogP contribution in [0.3, 0.4) is 0 Å². The Bertz CT molecular complexity index is 880. The Hall–Kier alpha value is -2.47. The Kier molecular flexibility index (Phi) is 3.45. The van der Waals surface area contributed by atoms with E-state index in [2.05, 4.69) is 37.9 Å². The molecule has 25 heavy (non-hydrogen) atoms. The third kappa shape index (κ3) is 2.66. The van der Waals surface area contributed by atoms with E-state index >= 15 is 0 Å². The molecule has 5 heterocycles. The first kappa shape index (κ1) is 14.8. The molecule has 0 spiro atoms. The second kappa shape index (κ2) is 5.81. The summed E-state index contributed by atoms with van der Waals surface area (Å²) in [6, 6.07) is 6.17. The molecule has 6 nitrogen and oxygen atoms in total. The van der Waals surface area contributed by atoms with Crippen LogP contribution in [0.5, 0.6) is 0 Å². The van der Waals surface area contributed by atoms with Crippen molar-refractivity contribution in [1.29, 1.82) is 0 Å². The van der Waals surface area contributed by atoms with Crippen LogP contribution in [0.15, 0.2) is 43.0 Å². The van der Waals surface area contributed by atoms with Crippen LogP contribution >= 0.6 is 0 Å². The zero-order valence-electron chi connectivity index (χ0n) is 14.4. The van der Waals surface area contributed by atoms with Crippen molar-refractivity contribution in [3.63, 3.8) is 0 Å². The fourth-order valence-electron chi connectivity index (χ4n) is 4.36. The van der Waals surface area contributed by atoms with Crippen LogP contribution in [0.4, 0.5) is 0 Å². The molecule has 0 bridgehead atoms. The highest BCUT2D eigenvalue weighted by molar-refractivity contribution is 5.57. The summed E-state index contributed by atoms with van der Waals surface area (Å²) in [4.78, 5) is 11.7. The predicted molar refractivity (Wildman–Crippen MR) is 94.6 cm³/mol. The molecule has 0 aliphatic carbocycles. The summed E-state index contributed by atoms with van der Waals surface area (Å²) in [5.41, 5.74) is 3.52. The quantitative estimate of drug-likeness (QED) is 0.735. The summed E-state index contributed by atoms with van der Waals surface area (Å²) in [5.74, 6) is 2.63. The van der Waals surface area contributed by atoms with Gasteiger partial charge in [-0.15, -0.1) is 0 Å². The maximum atomic E-state index is 4.71. The fraction of sp³-hybridized carbons (Fsp3) is 0.421. The molecule has 5 rings (SSSR count). The molecular formula is C19H22N6. The molecule has 128 valence electrons. The highest BCUT2D eigenvalue weighted by atomic mass is 15.2. The van der Waals surface area contributed by atoms with Gasteiger partial charge < -0.3 is 4.57 Å². The Morgan fingerprint density at radius 3 is 2.80 bits per heavy atom. The van der Waals surface area contributed by atoms with Crippen molar-refractivity contribution in [1.82, 2.24) is 29.2 Å². The van der Waals surface area contributed by atoms with Gasteiger partial charge in [0.1, 0.15) is 5.82 Å². The molecule has 3 aromatic rings. The highest BCUT2D eigenvalue weighted by Gasteiger charge is 2.38. The number of likely N-dealkylation sites (tertiary alicyclic amines) is 1. The average molecular weight is 334 g/mol. The molecule has 0 N–H and O–H groups in total. The zero-order valence-corrected chi connectivity index (χ0v) is 14.4. The van der Waals surface area contributed by atoms with E-state index in [0.29, 0.717) is 11.8 Å². The predicted octanol–water partition coefficient (Wildman–Crippen LogP) is 1.98. The molecule has 2 aliphatic rings. The lowest BCUT2D eigenvalue weighted by Crippen LogP contribution is -2.28. The van der Waals surface area contributed by atoms with Crippen LogP contribution in [0, 0.1) is 11.8 Å². The second-order valence-electron chi connectivity index (χ2n) is 7.31. The van der Waals surface area contributed by atoms with E-state index in [-0.39, 0.29) is 0 Å². The molecule has 0 amide bonds. The van der Waals surface area contributed by atoms with Crippen LogP contribution in [0.2, 0.25) is 0 Å². The molecule has 1 fully saturated rings. The normalized spacial score (nSPS) is 22.8. The number of rotatable bonds is 3. The Labute approximate surface area is 147 Å². The minimum atomic E-state index is 0.695. The van der Waals surface area contributed by atoms with E-state index in [0.717, 1.165) is 43.9 Å². The van der Waals surface area contributed by atoms with Crippen LogP contribution in [-0.4, -0.2) is 42.3 Å². The first-order valence-corrected chi connectivity index (χ1v) is 8.92. The van der Waals surface area contributed by atoms with Crippen molar-refractivity contribution >= 4 is 0 Å². The van der Waals surface area contributed by atoms with Crippen LogP contribution in [0.1, 0.15) is 11.5 Å². The SMILES string of the molecule is Cn1cc(-c2cnc3n2CC2CN(Cc4ccccn4)CC2C3)cn1. The number of fused-ring (bicyclic) bond motifs is 2. The molecule has 2 aliphatic heterocycles. The number of hydrogen-bond acceptors (Lipinski definition) is 4. The van der Waals surface area contributed by atoms with E-state index in [4.69, 9.17) is 4.98 Å². The number of imidazole rings is 1. The molecular weight excluding hydrogens is 312 g/mol. The summed E-state index contributed by atoms with van der Waals surface area (Å²) in [6.45, 7) is 4.30. The largest absolute Gasteiger partial charge is 0.328 e. The van der Waals surface area contributed by atoms with Gasteiger partial charge in [-0.3, -0.25) is 14.6 Å². The van der Waals surface area contributed by atoms with Gasteiger partial charge >= 0.3 is 0 Å². The third-order valence-corrected chi connectivity index (χ3v) is 5.56. The highest BCUT2D eigenvalue weighted by Crippen LogP contribution is 2.35. The summed E-state index contributed by atoms with van der Waals surface area (Å²) in [5, 5.41) is 4.31. The van der Waals surface area contributed by atoms with Gasteiger partial charge in [-0.05, 0) is 24.0 Å². The third-order valence-electron chi connectivity index (χ3n) is 5.56. The van der Waals surface area contributed by atoms with Crippen molar-refractivity contribution in [2.45, 2.75) is 19.5 Å². The molecule has 3 aromatic heterocycles. The van der Waals surface area contributed by atoms with Crippen LogP contribution in [0.25, 0.3) is 11.3 Å². The summed E-state index contributed by atoms with van der Waals surface area (Å²) >= 11 is 0. The van der Waals surface area contributed by atoms with Gasteiger partial charge in [-0.2, -0.15) is 5.10 Å². The maximum absolute atomic E-state index is 4.71. The van der Waals surface area contributed by atoms with Gasteiger partial charge in [-0.1, -0.05) is 6.07 Å². The van der Waals surface area contributed by atoms with Gasteiger partial charge in [0.2, 0.25) is 0 Å². The first-order chi connectivity index (χ1) is 12.3. The average Bonchev–Trinajstić information content (AvgIpc) is 3.31. The van der Waals surface area contributed by atoms with Crippen LogP contribution in [-0.2, 0) is 26.6 Å². The first-order valence-electron chi connectivity index (χ1n) is 8.92. The summed E-state index contributed by atoms with van der Waals surface area (Å²) < 4.78 is 4.26. The Morgan fingerprint density at radius 2 is 2.00 bits per heavy atom. The lowest BCUT2D eigenvalue weighted by molar-refractivity contribution is 0.304. The Morgan fingerprint density at radius 1 is 1.08 bits per heavy atom. The summed E-state index contributed by atoms with van der Waals surface area (Å²) in [7, 11) is 1.96.